The van der Waals surface area contributed by atoms with Crippen molar-refractivity contribution in [3.8, 4) is 5.75 Å². The van der Waals surface area contributed by atoms with Gasteiger partial charge in [0.1, 0.15) is 5.75 Å². The number of alkyl halides is 1. The molecule has 0 aromatic heterocycles. The molecule has 0 saturated heterocycles. The number of rotatable bonds is 5. The zero-order valence-electron chi connectivity index (χ0n) is 8.67. The zero-order chi connectivity index (χ0) is 11.3. The number of hydrogen-bond acceptors (Lipinski definition) is 2. The van der Waals surface area contributed by atoms with Gasteiger partial charge in [-0.2, -0.15) is 0 Å². The Labute approximate surface area is 97.7 Å². The lowest BCUT2D eigenvalue weighted by atomic mass is 10.1. The van der Waals surface area contributed by atoms with E-state index in [0.29, 0.717) is 13.0 Å². The van der Waals surface area contributed by atoms with Gasteiger partial charge in [-0.05, 0) is 19.1 Å². The number of ether oxygens (including phenoxy) is 1. The summed E-state index contributed by atoms with van der Waals surface area (Å²) in [4.78, 5) is 0. The third-order valence-corrected chi connectivity index (χ3v) is 2.49. The largest absolute Gasteiger partial charge is 0.493 e. The van der Waals surface area contributed by atoms with Gasteiger partial charge in [0.05, 0.1) is 13.3 Å². The van der Waals surface area contributed by atoms with Gasteiger partial charge in [0, 0.05) is 22.5 Å². The van der Waals surface area contributed by atoms with Gasteiger partial charge in [-0.1, -0.05) is 22.0 Å². The molecular formula is C11H15BrFNO. The Kier molecular flexibility index (Phi) is 5.05. The molecule has 0 radical (unpaired) electrons. The lowest BCUT2D eigenvalue weighted by molar-refractivity contribution is 0.286. The average molecular weight is 276 g/mol. The van der Waals surface area contributed by atoms with Crippen molar-refractivity contribution in [3.05, 3.63) is 28.2 Å². The fourth-order valence-electron chi connectivity index (χ4n) is 1.25. The van der Waals surface area contributed by atoms with Crippen molar-refractivity contribution in [1.82, 2.24) is 0 Å². The minimum absolute atomic E-state index is 0.0847. The molecule has 0 aliphatic carbocycles. The summed E-state index contributed by atoms with van der Waals surface area (Å²) >= 11 is 3.36. The molecule has 1 aromatic rings. The summed E-state index contributed by atoms with van der Waals surface area (Å²) in [6.07, 6.45) is 0.408. The van der Waals surface area contributed by atoms with Crippen LogP contribution in [-0.4, -0.2) is 13.3 Å². The van der Waals surface area contributed by atoms with Crippen LogP contribution in [0, 0.1) is 0 Å². The highest BCUT2D eigenvalue weighted by Gasteiger charge is 2.08. The zero-order valence-corrected chi connectivity index (χ0v) is 10.3. The minimum Gasteiger partial charge on any atom is -0.493 e. The summed E-state index contributed by atoms with van der Waals surface area (Å²) in [5.74, 6) is 0.729. The van der Waals surface area contributed by atoms with E-state index in [2.05, 4.69) is 15.9 Å². The fourth-order valence-corrected chi connectivity index (χ4v) is 1.59. The number of halogens is 2. The average Bonchev–Trinajstić information content (AvgIpc) is 2.18. The highest BCUT2D eigenvalue weighted by Crippen LogP contribution is 2.27. The van der Waals surface area contributed by atoms with E-state index in [1.165, 1.54) is 0 Å². The Morgan fingerprint density at radius 1 is 1.53 bits per heavy atom. The molecule has 2 N–H and O–H groups in total. The van der Waals surface area contributed by atoms with Crippen LogP contribution in [0.15, 0.2) is 22.7 Å². The summed E-state index contributed by atoms with van der Waals surface area (Å²) in [5.41, 5.74) is 6.74. The van der Waals surface area contributed by atoms with Crippen LogP contribution < -0.4 is 10.5 Å². The molecule has 1 unspecified atom stereocenters. The molecule has 0 fully saturated rings. The molecule has 1 rings (SSSR count). The van der Waals surface area contributed by atoms with Crippen molar-refractivity contribution in [1.29, 1.82) is 0 Å². The van der Waals surface area contributed by atoms with E-state index in [1.807, 2.05) is 25.1 Å². The SMILES string of the molecule is CC(N)c1ccc(Br)cc1OCCCF. The van der Waals surface area contributed by atoms with Crippen LogP contribution in [0.1, 0.15) is 24.9 Å². The third kappa shape index (κ3) is 3.80. The van der Waals surface area contributed by atoms with Gasteiger partial charge in [0.2, 0.25) is 0 Å². The van der Waals surface area contributed by atoms with Crippen LogP contribution in [0.5, 0.6) is 5.75 Å². The summed E-state index contributed by atoms with van der Waals surface area (Å²) in [5, 5.41) is 0. The monoisotopic (exact) mass is 275 g/mol. The normalized spacial score (nSPS) is 12.5. The molecule has 15 heavy (non-hydrogen) atoms. The quantitative estimate of drug-likeness (QED) is 0.838. The Hall–Kier alpha value is -0.610. The van der Waals surface area contributed by atoms with Crippen molar-refractivity contribution >= 4 is 15.9 Å². The molecule has 0 saturated carbocycles. The Balaban J connectivity index is 2.77. The molecule has 0 aliphatic rings. The van der Waals surface area contributed by atoms with Crippen LogP contribution >= 0.6 is 15.9 Å². The predicted molar refractivity (Wildman–Crippen MR) is 62.8 cm³/mol. The first-order valence-corrected chi connectivity index (χ1v) is 5.68. The maximum atomic E-state index is 11.9. The standard InChI is InChI=1S/C11H15BrFNO/c1-8(14)10-4-3-9(12)7-11(10)15-6-2-5-13/h3-4,7-8H,2,5-6,14H2,1H3. The van der Waals surface area contributed by atoms with E-state index in [0.717, 1.165) is 15.8 Å². The number of hydrogen-bond donors (Lipinski definition) is 1. The first kappa shape index (κ1) is 12.5. The summed E-state index contributed by atoms with van der Waals surface area (Å²) in [6.45, 7) is 1.92. The smallest absolute Gasteiger partial charge is 0.125 e. The first-order valence-electron chi connectivity index (χ1n) is 4.89. The third-order valence-electron chi connectivity index (χ3n) is 2.00. The highest BCUT2D eigenvalue weighted by molar-refractivity contribution is 9.10. The van der Waals surface area contributed by atoms with Crippen LogP contribution in [0.25, 0.3) is 0 Å². The second-order valence-corrected chi connectivity index (χ2v) is 4.28. The van der Waals surface area contributed by atoms with Gasteiger partial charge in [0.15, 0.2) is 0 Å². The van der Waals surface area contributed by atoms with Crippen LogP contribution in [-0.2, 0) is 0 Å². The second-order valence-electron chi connectivity index (χ2n) is 3.36. The van der Waals surface area contributed by atoms with E-state index >= 15 is 0 Å². The molecule has 0 heterocycles. The van der Waals surface area contributed by atoms with Gasteiger partial charge in [-0.15, -0.1) is 0 Å². The van der Waals surface area contributed by atoms with Crippen molar-refractivity contribution in [2.45, 2.75) is 19.4 Å². The Morgan fingerprint density at radius 2 is 2.27 bits per heavy atom. The van der Waals surface area contributed by atoms with Gasteiger partial charge < -0.3 is 10.5 Å². The summed E-state index contributed by atoms with van der Waals surface area (Å²) in [6, 6.07) is 5.61. The molecular weight excluding hydrogens is 261 g/mol. The highest BCUT2D eigenvalue weighted by atomic mass is 79.9. The van der Waals surface area contributed by atoms with Crippen molar-refractivity contribution < 1.29 is 9.13 Å². The van der Waals surface area contributed by atoms with E-state index in [1.54, 1.807) is 0 Å². The van der Waals surface area contributed by atoms with Crippen LogP contribution in [0.2, 0.25) is 0 Å². The maximum Gasteiger partial charge on any atom is 0.125 e. The molecule has 1 atom stereocenters. The summed E-state index contributed by atoms with van der Waals surface area (Å²) in [7, 11) is 0. The molecule has 4 heteroatoms. The number of nitrogens with two attached hydrogens (primary N) is 1. The lowest BCUT2D eigenvalue weighted by Gasteiger charge is -2.13. The van der Waals surface area contributed by atoms with E-state index < -0.39 is 0 Å². The van der Waals surface area contributed by atoms with E-state index in [-0.39, 0.29) is 12.7 Å². The van der Waals surface area contributed by atoms with Gasteiger partial charge >= 0.3 is 0 Å². The maximum absolute atomic E-state index is 11.9. The molecule has 0 amide bonds. The lowest BCUT2D eigenvalue weighted by Crippen LogP contribution is -2.08. The van der Waals surface area contributed by atoms with Crippen molar-refractivity contribution in [2.75, 3.05) is 13.3 Å². The van der Waals surface area contributed by atoms with Gasteiger partial charge in [-0.25, -0.2) is 0 Å². The van der Waals surface area contributed by atoms with E-state index in [4.69, 9.17) is 10.5 Å². The molecule has 0 aliphatic heterocycles. The predicted octanol–water partition coefficient (Wildman–Crippen LogP) is 3.21. The topological polar surface area (TPSA) is 35.2 Å². The molecule has 2 nitrogen and oxygen atoms in total. The van der Waals surface area contributed by atoms with Crippen molar-refractivity contribution in [3.63, 3.8) is 0 Å². The second kappa shape index (κ2) is 6.08. The Bertz CT molecular complexity index is 317. The minimum atomic E-state index is -0.360. The fraction of sp³-hybridized carbons (Fsp3) is 0.455. The molecule has 0 bridgehead atoms. The molecule has 0 spiro atoms. The Morgan fingerprint density at radius 3 is 2.87 bits per heavy atom. The molecule has 84 valence electrons. The molecule has 1 aromatic carbocycles. The van der Waals surface area contributed by atoms with Crippen molar-refractivity contribution in [2.24, 2.45) is 5.73 Å². The number of benzene rings is 1. The van der Waals surface area contributed by atoms with Crippen LogP contribution in [0.3, 0.4) is 0 Å². The van der Waals surface area contributed by atoms with E-state index in [9.17, 15) is 4.39 Å². The van der Waals surface area contributed by atoms with Gasteiger partial charge in [0.25, 0.3) is 0 Å². The van der Waals surface area contributed by atoms with Gasteiger partial charge in [-0.3, -0.25) is 4.39 Å². The first-order chi connectivity index (χ1) is 7.15. The summed E-state index contributed by atoms with van der Waals surface area (Å²) < 4.78 is 18.3. The van der Waals surface area contributed by atoms with Crippen LogP contribution in [0.4, 0.5) is 4.39 Å².